The number of fused-ring (bicyclic) bond motifs is 1. The summed E-state index contributed by atoms with van der Waals surface area (Å²) in [5.41, 5.74) is 10.1. The monoisotopic (exact) mass is 271 g/mol. The summed E-state index contributed by atoms with van der Waals surface area (Å²) in [5.74, 6) is 0.490. The Hall–Kier alpha value is -2.00. The van der Waals surface area contributed by atoms with Crippen LogP contribution in [0.25, 0.3) is 11.0 Å². The first kappa shape index (κ1) is 12.1. The van der Waals surface area contributed by atoms with Crippen LogP contribution in [0.3, 0.4) is 0 Å². The summed E-state index contributed by atoms with van der Waals surface area (Å²) in [7, 11) is 0. The zero-order chi connectivity index (χ0) is 13.4. The van der Waals surface area contributed by atoms with Gasteiger partial charge in [-0.1, -0.05) is 47.5 Å². The molecule has 3 aromatic rings. The Morgan fingerprint density at radius 2 is 2.00 bits per heavy atom. The van der Waals surface area contributed by atoms with E-state index in [1.54, 1.807) is 0 Å². The van der Waals surface area contributed by atoms with Crippen LogP contribution >= 0.6 is 11.6 Å². The predicted molar refractivity (Wildman–Crippen MR) is 79.4 cm³/mol. The summed E-state index contributed by atoms with van der Waals surface area (Å²) in [6.07, 6.45) is 0. The highest BCUT2D eigenvalue weighted by Gasteiger charge is 2.11. The van der Waals surface area contributed by atoms with E-state index in [9.17, 15) is 0 Å². The van der Waals surface area contributed by atoms with Crippen molar-refractivity contribution in [2.24, 2.45) is 0 Å². The lowest BCUT2D eigenvalue weighted by molar-refractivity contribution is 0.837. The molecule has 0 aliphatic heterocycles. The topological polar surface area (TPSA) is 43.8 Å². The molecule has 2 N–H and O–H groups in total. The zero-order valence-corrected chi connectivity index (χ0v) is 11.4. The molecule has 0 aliphatic rings. The molecule has 0 unspecified atom stereocenters. The van der Waals surface area contributed by atoms with Crippen LogP contribution in [0.4, 0.5) is 5.95 Å². The number of hydrogen-bond acceptors (Lipinski definition) is 2. The first-order chi connectivity index (χ1) is 9.15. The van der Waals surface area contributed by atoms with E-state index in [2.05, 4.69) is 30.1 Å². The molecule has 0 atom stereocenters. The molecule has 3 rings (SSSR count). The Bertz CT molecular complexity index is 746. The standard InChI is InChI=1S/C15H14ClN3/c1-10-4-2-5-11(8-10)9-19-14-12(16)6-3-7-13(14)18-15(19)17/h2-8H,9H2,1H3,(H2,17,18). The molecule has 19 heavy (non-hydrogen) atoms. The third kappa shape index (κ3) is 2.17. The summed E-state index contributed by atoms with van der Waals surface area (Å²) in [4.78, 5) is 4.35. The number of aryl methyl sites for hydroxylation is 1. The van der Waals surface area contributed by atoms with E-state index >= 15 is 0 Å². The van der Waals surface area contributed by atoms with Gasteiger partial charge in [0.1, 0.15) is 0 Å². The number of halogens is 1. The smallest absolute Gasteiger partial charge is 0.201 e. The highest BCUT2D eigenvalue weighted by Crippen LogP contribution is 2.26. The van der Waals surface area contributed by atoms with Crippen LogP contribution in [-0.2, 0) is 6.54 Å². The lowest BCUT2D eigenvalue weighted by atomic mass is 10.1. The number of anilines is 1. The normalized spacial score (nSPS) is 11.1. The fourth-order valence-corrected chi connectivity index (χ4v) is 2.58. The van der Waals surface area contributed by atoms with Gasteiger partial charge in [0, 0.05) is 0 Å². The van der Waals surface area contributed by atoms with Gasteiger partial charge < -0.3 is 10.3 Å². The molecule has 0 aliphatic carbocycles. The maximum Gasteiger partial charge on any atom is 0.201 e. The number of hydrogen-bond donors (Lipinski definition) is 1. The average molecular weight is 272 g/mol. The summed E-state index contributed by atoms with van der Waals surface area (Å²) in [6.45, 7) is 2.75. The molecule has 3 nitrogen and oxygen atoms in total. The maximum atomic E-state index is 6.26. The second-order valence-corrected chi connectivity index (χ2v) is 5.06. The summed E-state index contributed by atoms with van der Waals surface area (Å²) in [6, 6.07) is 14.0. The van der Waals surface area contributed by atoms with Crippen LogP contribution < -0.4 is 5.73 Å². The van der Waals surface area contributed by atoms with Gasteiger partial charge in [0.25, 0.3) is 0 Å². The molecule has 0 radical (unpaired) electrons. The minimum atomic E-state index is 0.490. The fraction of sp³-hybridized carbons (Fsp3) is 0.133. The number of nitrogen functional groups attached to an aromatic ring is 1. The zero-order valence-electron chi connectivity index (χ0n) is 10.6. The van der Waals surface area contributed by atoms with Gasteiger partial charge in [0.15, 0.2) is 0 Å². The van der Waals surface area contributed by atoms with E-state index in [0.29, 0.717) is 17.5 Å². The third-order valence-corrected chi connectivity index (χ3v) is 3.48. The minimum absolute atomic E-state index is 0.490. The summed E-state index contributed by atoms with van der Waals surface area (Å²) in [5, 5.41) is 0.675. The van der Waals surface area contributed by atoms with E-state index < -0.39 is 0 Å². The van der Waals surface area contributed by atoms with Gasteiger partial charge in [-0.15, -0.1) is 0 Å². The maximum absolute atomic E-state index is 6.26. The first-order valence-electron chi connectivity index (χ1n) is 6.11. The lowest BCUT2D eigenvalue weighted by Crippen LogP contribution is -2.04. The van der Waals surface area contributed by atoms with Gasteiger partial charge in [0.2, 0.25) is 5.95 Å². The van der Waals surface area contributed by atoms with Gasteiger partial charge in [-0.2, -0.15) is 0 Å². The molecule has 0 amide bonds. The second-order valence-electron chi connectivity index (χ2n) is 4.65. The molecular weight excluding hydrogens is 258 g/mol. The number of nitrogens with zero attached hydrogens (tertiary/aromatic N) is 2. The van der Waals surface area contributed by atoms with Crippen LogP contribution in [-0.4, -0.2) is 9.55 Å². The van der Waals surface area contributed by atoms with E-state index in [0.717, 1.165) is 11.0 Å². The summed E-state index contributed by atoms with van der Waals surface area (Å²) >= 11 is 6.26. The molecule has 0 saturated carbocycles. The van der Waals surface area contributed by atoms with Crippen molar-refractivity contribution in [3.63, 3.8) is 0 Å². The number of para-hydroxylation sites is 1. The Morgan fingerprint density at radius 1 is 1.21 bits per heavy atom. The van der Waals surface area contributed by atoms with E-state index in [1.807, 2.05) is 28.8 Å². The van der Waals surface area contributed by atoms with Crippen molar-refractivity contribution in [1.82, 2.24) is 9.55 Å². The number of aromatic nitrogens is 2. The van der Waals surface area contributed by atoms with Crippen LogP contribution in [0.1, 0.15) is 11.1 Å². The molecule has 0 spiro atoms. The van der Waals surface area contributed by atoms with Gasteiger partial charge in [-0.05, 0) is 24.6 Å². The molecule has 0 fully saturated rings. The molecule has 2 aromatic carbocycles. The van der Waals surface area contributed by atoms with Crippen molar-refractivity contribution in [1.29, 1.82) is 0 Å². The van der Waals surface area contributed by atoms with Crippen molar-refractivity contribution in [2.75, 3.05) is 5.73 Å². The van der Waals surface area contributed by atoms with Crippen LogP contribution in [0.15, 0.2) is 42.5 Å². The Labute approximate surface area is 116 Å². The number of nitrogens with two attached hydrogens (primary N) is 1. The third-order valence-electron chi connectivity index (χ3n) is 3.17. The molecule has 4 heteroatoms. The minimum Gasteiger partial charge on any atom is -0.369 e. The average Bonchev–Trinajstić information content (AvgIpc) is 2.67. The molecule has 0 saturated heterocycles. The fourth-order valence-electron chi connectivity index (χ4n) is 2.31. The van der Waals surface area contributed by atoms with E-state index in [-0.39, 0.29) is 0 Å². The first-order valence-corrected chi connectivity index (χ1v) is 6.49. The van der Waals surface area contributed by atoms with Crippen LogP contribution in [0, 0.1) is 6.92 Å². The van der Waals surface area contributed by atoms with Crippen molar-refractivity contribution in [3.8, 4) is 0 Å². The second kappa shape index (κ2) is 4.59. The molecular formula is C15H14ClN3. The van der Waals surface area contributed by atoms with E-state index in [1.165, 1.54) is 11.1 Å². The van der Waals surface area contributed by atoms with Crippen LogP contribution in [0.2, 0.25) is 5.02 Å². The molecule has 0 bridgehead atoms. The van der Waals surface area contributed by atoms with Crippen molar-refractivity contribution >= 4 is 28.6 Å². The lowest BCUT2D eigenvalue weighted by Gasteiger charge is -2.08. The Balaban J connectivity index is 2.12. The van der Waals surface area contributed by atoms with Crippen LogP contribution in [0.5, 0.6) is 0 Å². The number of rotatable bonds is 2. The molecule has 1 aromatic heterocycles. The van der Waals surface area contributed by atoms with Crippen molar-refractivity contribution in [3.05, 3.63) is 58.6 Å². The summed E-state index contributed by atoms with van der Waals surface area (Å²) < 4.78 is 1.95. The number of benzene rings is 2. The largest absolute Gasteiger partial charge is 0.369 e. The predicted octanol–water partition coefficient (Wildman–Crippen LogP) is 3.63. The highest BCUT2D eigenvalue weighted by atomic mass is 35.5. The van der Waals surface area contributed by atoms with Gasteiger partial charge in [0.05, 0.1) is 22.6 Å². The SMILES string of the molecule is Cc1cccc(Cn2c(N)nc3cccc(Cl)c32)c1. The van der Waals surface area contributed by atoms with Gasteiger partial charge in [-0.3, -0.25) is 0 Å². The Kier molecular flexibility index (Phi) is 2.91. The van der Waals surface area contributed by atoms with E-state index in [4.69, 9.17) is 17.3 Å². The van der Waals surface area contributed by atoms with Crippen molar-refractivity contribution in [2.45, 2.75) is 13.5 Å². The Morgan fingerprint density at radius 3 is 2.79 bits per heavy atom. The molecule has 1 heterocycles. The van der Waals surface area contributed by atoms with Crippen molar-refractivity contribution < 1.29 is 0 Å². The highest BCUT2D eigenvalue weighted by molar-refractivity contribution is 6.35. The quantitative estimate of drug-likeness (QED) is 0.773. The number of imidazole rings is 1. The van der Waals surface area contributed by atoms with Gasteiger partial charge >= 0.3 is 0 Å². The van der Waals surface area contributed by atoms with Gasteiger partial charge in [-0.25, -0.2) is 4.98 Å². The molecule has 96 valence electrons.